The zero-order chi connectivity index (χ0) is 24.1. The summed E-state index contributed by atoms with van der Waals surface area (Å²) in [6, 6.07) is 9.02. The lowest BCUT2D eigenvalue weighted by atomic mass is 9.99. The number of ether oxygens (including phenoxy) is 1. The Labute approximate surface area is 205 Å². The van der Waals surface area contributed by atoms with E-state index in [0.29, 0.717) is 24.5 Å². The zero-order valence-corrected chi connectivity index (χ0v) is 20.3. The first-order valence-corrected chi connectivity index (χ1v) is 12.6. The van der Waals surface area contributed by atoms with E-state index in [0.717, 1.165) is 56.8 Å². The van der Waals surface area contributed by atoms with Gasteiger partial charge in [-0.3, -0.25) is 9.80 Å². The predicted molar refractivity (Wildman–Crippen MR) is 134 cm³/mol. The van der Waals surface area contributed by atoms with Crippen LogP contribution in [0.15, 0.2) is 30.3 Å². The van der Waals surface area contributed by atoms with Gasteiger partial charge in [0, 0.05) is 29.0 Å². The number of nitrogen functional groups attached to an aromatic ring is 1. The van der Waals surface area contributed by atoms with Crippen molar-refractivity contribution < 1.29 is 13.9 Å². The van der Waals surface area contributed by atoms with Gasteiger partial charge < -0.3 is 10.5 Å². The molecule has 1 aliphatic carbocycles. The summed E-state index contributed by atoms with van der Waals surface area (Å²) < 4.78 is 22.2. The number of nitrogens with two attached hydrogens (primary N) is 1. The van der Waals surface area contributed by atoms with E-state index in [1.54, 1.807) is 22.4 Å². The minimum absolute atomic E-state index is 0.0447. The van der Waals surface area contributed by atoms with E-state index in [1.807, 2.05) is 31.0 Å². The number of benzene rings is 2. The van der Waals surface area contributed by atoms with Crippen LogP contribution in [0, 0.1) is 18.2 Å². The highest BCUT2D eigenvalue weighted by molar-refractivity contribution is 7.18. The average molecular weight is 490 g/mol. The Morgan fingerprint density at radius 3 is 2.83 bits per heavy atom. The molecular weight excluding hydrogens is 465 g/mol. The Morgan fingerprint density at radius 1 is 1.20 bits per heavy atom. The van der Waals surface area contributed by atoms with Crippen molar-refractivity contribution in [3.8, 4) is 0 Å². The number of halogens is 1. The molecule has 3 aliphatic rings. The molecule has 2 aliphatic heterocycles. The predicted octanol–water partition coefficient (Wildman–Crippen LogP) is 5.12. The largest absolute Gasteiger partial charge is 0.383 e. The SMILES string of the molecule is Cc1nc2ccc(N3CC4(CC4)CN3C(=O)c3cc4c5c(c(N)nc4cc3F)[C@@H](C)OC5)cc2s1. The van der Waals surface area contributed by atoms with E-state index in [2.05, 4.69) is 16.0 Å². The van der Waals surface area contributed by atoms with Gasteiger partial charge in [-0.05, 0) is 56.5 Å². The van der Waals surface area contributed by atoms with E-state index in [4.69, 9.17) is 10.5 Å². The normalized spacial score (nSPS) is 20.4. The minimum Gasteiger partial charge on any atom is -0.383 e. The fourth-order valence-electron chi connectivity index (χ4n) is 5.54. The third-order valence-electron chi connectivity index (χ3n) is 7.60. The van der Waals surface area contributed by atoms with Gasteiger partial charge in [0.05, 0.1) is 51.2 Å². The second kappa shape index (κ2) is 7.11. The molecule has 1 atom stereocenters. The van der Waals surface area contributed by atoms with Crippen LogP contribution in [0.4, 0.5) is 15.9 Å². The highest BCUT2D eigenvalue weighted by Gasteiger charge is 2.53. The van der Waals surface area contributed by atoms with Gasteiger partial charge in [-0.15, -0.1) is 11.3 Å². The molecular formula is C26H24FN5O2S. The maximum Gasteiger partial charge on any atom is 0.275 e. The second-order valence-electron chi connectivity index (χ2n) is 10.00. The molecule has 0 unspecified atom stereocenters. The van der Waals surface area contributed by atoms with Crippen LogP contribution in [-0.4, -0.2) is 34.0 Å². The standard InChI is InChI=1S/C26H24FN5O2S/c1-13-23-18(10-34-13)16-8-17(19(27)9-21(16)30-24(23)28)25(33)32-12-26(5-6-26)11-31(32)15-3-4-20-22(7-15)35-14(2)29-20/h3-4,7-9,13H,5-6,10-12H2,1-2H3,(H2,28,30)/t13-/m1/s1. The molecule has 35 heavy (non-hydrogen) atoms. The molecule has 9 heteroatoms. The number of carbonyl (C=O) groups is 1. The monoisotopic (exact) mass is 489 g/mol. The Kier molecular flexibility index (Phi) is 4.27. The number of hydrogen-bond donors (Lipinski definition) is 1. The van der Waals surface area contributed by atoms with Gasteiger partial charge in [0.15, 0.2) is 0 Å². The molecule has 4 aromatic rings. The van der Waals surface area contributed by atoms with Crippen LogP contribution in [0.5, 0.6) is 0 Å². The maximum absolute atomic E-state index is 15.3. The molecule has 0 bridgehead atoms. The van der Waals surface area contributed by atoms with Crippen LogP contribution in [0.2, 0.25) is 0 Å². The van der Waals surface area contributed by atoms with Crippen molar-refractivity contribution in [2.75, 3.05) is 23.8 Å². The summed E-state index contributed by atoms with van der Waals surface area (Å²) in [7, 11) is 0. The fourth-order valence-corrected chi connectivity index (χ4v) is 6.40. The van der Waals surface area contributed by atoms with Crippen LogP contribution in [0.1, 0.15) is 52.4 Å². The van der Waals surface area contributed by atoms with Gasteiger partial charge in [-0.25, -0.2) is 19.4 Å². The summed E-state index contributed by atoms with van der Waals surface area (Å²) in [5, 5.41) is 5.46. The summed E-state index contributed by atoms with van der Waals surface area (Å²) in [6.45, 7) is 5.61. The van der Waals surface area contributed by atoms with Crippen LogP contribution >= 0.6 is 11.3 Å². The van der Waals surface area contributed by atoms with E-state index < -0.39 is 5.82 Å². The minimum atomic E-state index is -0.591. The molecule has 7 rings (SSSR count). The Morgan fingerprint density at radius 2 is 2.03 bits per heavy atom. The Balaban J connectivity index is 1.32. The first kappa shape index (κ1) is 21.0. The van der Waals surface area contributed by atoms with Gasteiger partial charge in [0.2, 0.25) is 0 Å². The van der Waals surface area contributed by atoms with Crippen LogP contribution in [-0.2, 0) is 11.3 Å². The molecule has 1 spiro atoms. The number of aromatic nitrogens is 2. The topological polar surface area (TPSA) is 84.6 Å². The van der Waals surface area contributed by atoms with Crippen molar-refractivity contribution in [2.45, 2.75) is 39.4 Å². The van der Waals surface area contributed by atoms with Crippen molar-refractivity contribution in [3.63, 3.8) is 0 Å². The zero-order valence-electron chi connectivity index (χ0n) is 19.5. The first-order chi connectivity index (χ1) is 16.8. The number of amides is 1. The second-order valence-corrected chi connectivity index (χ2v) is 11.2. The maximum atomic E-state index is 15.3. The summed E-state index contributed by atoms with van der Waals surface area (Å²) in [6.07, 6.45) is 1.96. The number of hydrogen-bond acceptors (Lipinski definition) is 7. The molecule has 178 valence electrons. The molecule has 1 saturated heterocycles. The van der Waals surface area contributed by atoms with Crippen molar-refractivity contribution in [1.82, 2.24) is 15.0 Å². The summed E-state index contributed by atoms with van der Waals surface area (Å²) >= 11 is 1.63. The molecule has 2 N–H and O–H groups in total. The number of pyridine rings is 1. The lowest BCUT2D eigenvalue weighted by molar-refractivity contribution is 0.0763. The smallest absolute Gasteiger partial charge is 0.275 e. The van der Waals surface area contributed by atoms with Gasteiger partial charge in [-0.2, -0.15) is 0 Å². The summed E-state index contributed by atoms with van der Waals surface area (Å²) in [5.74, 6) is -0.580. The van der Waals surface area contributed by atoms with Gasteiger partial charge >= 0.3 is 0 Å². The number of fused-ring (bicyclic) bond motifs is 4. The average Bonchev–Trinajstić information content (AvgIpc) is 3.12. The number of anilines is 2. The molecule has 4 heterocycles. The van der Waals surface area contributed by atoms with Crippen molar-refractivity contribution in [3.05, 3.63) is 57.8 Å². The van der Waals surface area contributed by atoms with Crippen LogP contribution in [0.3, 0.4) is 0 Å². The number of rotatable bonds is 2. The Bertz CT molecular complexity index is 1560. The van der Waals surface area contributed by atoms with Crippen molar-refractivity contribution in [2.24, 2.45) is 5.41 Å². The number of aryl methyl sites for hydroxylation is 1. The molecule has 1 amide bonds. The van der Waals surface area contributed by atoms with Gasteiger partial charge in [0.25, 0.3) is 5.91 Å². The lowest BCUT2D eigenvalue weighted by Crippen LogP contribution is -2.41. The van der Waals surface area contributed by atoms with Gasteiger partial charge in [0.1, 0.15) is 11.6 Å². The van der Waals surface area contributed by atoms with E-state index in [-0.39, 0.29) is 23.0 Å². The molecule has 1 saturated carbocycles. The van der Waals surface area contributed by atoms with Crippen LogP contribution < -0.4 is 10.7 Å². The third-order valence-corrected chi connectivity index (χ3v) is 8.53. The lowest BCUT2D eigenvalue weighted by Gasteiger charge is -2.30. The van der Waals surface area contributed by atoms with E-state index in [9.17, 15) is 4.79 Å². The van der Waals surface area contributed by atoms with Gasteiger partial charge in [-0.1, -0.05) is 0 Å². The van der Waals surface area contributed by atoms with E-state index >= 15 is 4.39 Å². The summed E-state index contributed by atoms with van der Waals surface area (Å²) in [4.78, 5) is 22.8. The third kappa shape index (κ3) is 3.14. The van der Waals surface area contributed by atoms with Crippen molar-refractivity contribution >= 4 is 49.9 Å². The number of hydrazine groups is 1. The number of thiazole rings is 1. The Hall–Kier alpha value is -3.30. The highest BCUT2D eigenvalue weighted by Crippen LogP contribution is 2.52. The molecule has 0 radical (unpaired) electrons. The highest BCUT2D eigenvalue weighted by atomic mass is 32.1. The number of nitrogens with zero attached hydrogens (tertiary/aromatic N) is 4. The quantitative estimate of drug-likeness (QED) is 0.421. The van der Waals surface area contributed by atoms with Crippen LogP contribution in [0.25, 0.3) is 21.1 Å². The molecule has 7 nitrogen and oxygen atoms in total. The molecule has 2 aromatic carbocycles. The molecule has 2 fully saturated rings. The summed E-state index contributed by atoms with van der Waals surface area (Å²) in [5.41, 5.74) is 10.3. The van der Waals surface area contributed by atoms with Crippen molar-refractivity contribution in [1.29, 1.82) is 0 Å². The first-order valence-electron chi connectivity index (χ1n) is 11.8. The van der Waals surface area contributed by atoms with E-state index in [1.165, 1.54) is 6.07 Å². The fraction of sp³-hybridized carbons (Fsp3) is 0.346. The number of carbonyl (C=O) groups excluding carboxylic acids is 1. The molecule has 2 aromatic heterocycles.